The lowest BCUT2D eigenvalue weighted by Crippen LogP contribution is -2.57. The van der Waals surface area contributed by atoms with Crippen molar-refractivity contribution in [1.29, 1.82) is 0 Å². The van der Waals surface area contributed by atoms with E-state index < -0.39 is 12.0 Å². The molecular weight excluding hydrogens is 359 g/mol. The molecule has 1 aromatic carbocycles. The summed E-state index contributed by atoms with van der Waals surface area (Å²) in [6.45, 7) is 8.20. The Hall–Kier alpha value is -2.18. The highest BCUT2D eigenvalue weighted by atomic mass is 19.4. The van der Waals surface area contributed by atoms with Crippen molar-refractivity contribution >= 4 is 11.7 Å². The maximum Gasteiger partial charge on any atom is 0.573 e. The number of ether oxygens (including phenoxy) is 2. The number of alkyl halides is 3. The lowest BCUT2D eigenvalue weighted by atomic mass is 9.80. The molecule has 1 fully saturated rings. The van der Waals surface area contributed by atoms with Crippen LogP contribution in [0.4, 0.5) is 18.0 Å². The summed E-state index contributed by atoms with van der Waals surface area (Å²) < 4.78 is 47.2. The van der Waals surface area contributed by atoms with Gasteiger partial charge in [-0.05, 0) is 63.3 Å². The van der Waals surface area contributed by atoms with Crippen molar-refractivity contribution in [3.63, 3.8) is 0 Å². The monoisotopic (exact) mass is 383 g/mol. The first kappa shape index (κ1) is 19.6. The Bertz CT molecular complexity index is 772. The number of benzene rings is 1. The fourth-order valence-corrected chi connectivity index (χ4v) is 3.58. The van der Waals surface area contributed by atoms with Crippen LogP contribution in [0.5, 0.6) is 5.75 Å². The van der Waals surface area contributed by atoms with E-state index in [-0.39, 0.29) is 17.3 Å². The zero-order chi connectivity index (χ0) is 20.0. The summed E-state index contributed by atoms with van der Waals surface area (Å²) in [5.74, 6) is -0.175. The largest absolute Gasteiger partial charge is 0.573 e. The van der Waals surface area contributed by atoms with Gasteiger partial charge in [0.05, 0.1) is 0 Å². The van der Waals surface area contributed by atoms with Crippen LogP contribution in [0, 0.1) is 12.3 Å². The Morgan fingerprint density at radius 3 is 2.44 bits per heavy atom. The van der Waals surface area contributed by atoms with E-state index in [1.165, 1.54) is 6.07 Å². The number of hydrogen-bond acceptors (Lipinski definition) is 3. The molecule has 1 saturated heterocycles. The number of nitrogens with zero attached hydrogens (tertiary/aromatic N) is 1. The van der Waals surface area contributed by atoms with Crippen molar-refractivity contribution in [2.45, 2.75) is 52.5 Å². The van der Waals surface area contributed by atoms with Crippen molar-refractivity contribution in [2.24, 2.45) is 5.41 Å². The number of amides is 1. The second-order valence-electron chi connectivity index (χ2n) is 8.40. The third-order valence-corrected chi connectivity index (χ3v) is 4.82. The minimum Gasteiger partial charge on any atom is -0.444 e. The van der Waals surface area contributed by atoms with Crippen molar-refractivity contribution < 1.29 is 27.4 Å². The number of carbonyl (C=O) groups excluding carboxylic acids is 1. The molecule has 0 atom stereocenters. The standard InChI is InChI=1S/C20H24F3NO3/c1-13-5-6-14(9-16(13)26-20(21,22)23)15-7-8-19(10-15)11-24(12-19)17(25)27-18(2,3)4/h5-6,9-10H,7-8,11-12H2,1-4H3. The van der Waals surface area contributed by atoms with Gasteiger partial charge in [0.15, 0.2) is 0 Å². The predicted octanol–water partition coefficient (Wildman–Crippen LogP) is 5.31. The molecule has 1 spiro atoms. The van der Waals surface area contributed by atoms with E-state index in [0.717, 1.165) is 24.0 Å². The van der Waals surface area contributed by atoms with Crippen molar-refractivity contribution in [3.8, 4) is 5.75 Å². The minimum atomic E-state index is -4.71. The number of carbonyl (C=O) groups is 1. The Morgan fingerprint density at radius 1 is 1.19 bits per heavy atom. The molecule has 1 amide bonds. The molecule has 1 aliphatic heterocycles. The number of allylic oxidation sites excluding steroid dienone is 1. The highest BCUT2D eigenvalue weighted by Crippen LogP contribution is 2.47. The maximum atomic E-state index is 12.6. The van der Waals surface area contributed by atoms with Gasteiger partial charge in [0.1, 0.15) is 11.4 Å². The van der Waals surface area contributed by atoms with Crippen LogP contribution in [0.2, 0.25) is 0 Å². The molecule has 4 nitrogen and oxygen atoms in total. The number of hydrogen-bond donors (Lipinski definition) is 0. The lowest BCUT2D eigenvalue weighted by molar-refractivity contribution is -0.274. The van der Waals surface area contributed by atoms with Crippen molar-refractivity contribution in [3.05, 3.63) is 35.4 Å². The highest BCUT2D eigenvalue weighted by molar-refractivity contribution is 5.73. The zero-order valence-corrected chi connectivity index (χ0v) is 15.9. The second kappa shape index (κ2) is 6.46. The van der Waals surface area contributed by atoms with Crippen LogP contribution in [0.1, 0.15) is 44.7 Å². The summed E-state index contributed by atoms with van der Waals surface area (Å²) in [6.07, 6.45) is -1.32. The lowest BCUT2D eigenvalue weighted by Gasteiger charge is -2.47. The van der Waals surface area contributed by atoms with Crippen LogP contribution in [0.15, 0.2) is 24.3 Å². The van der Waals surface area contributed by atoms with E-state index in [1.54, 1.807) is 17.9 Å². The van der Waals surface area contributed by atoms with Gasteiger partial charge in [-0.3, -0.25) is 0 Å². The third-order valence-electron chi connectivity index (χ3n) is 4.82. The van der Waals surface area contributed by atoms with Gasteiger partial charge >= 0.3 is 12.5 Å². The minimum absolute atomic E-state index is 0.109. The first-order valence-electron chi connectivity index (χ1n) is 8.92. The molecule has 1 heterocycles. The molecule has 0 N–H and O–H groups in total. The van der Waals surface area contributed by atoms with E-state index in [2.05, 4.69) is 10.8 Å². The number of rotatable bonds is 2. The van der Waals surface area contributed by atoms with Gasteiger partial charge in [-0.15, -0.1) is 13.2 Å². The molecule has 148 valence electrons. The number of aryl methyl sites for hydroxylation is 1. The Labute approximate surface area is 156 Å². The molecule has 1 aromatic rings. The quantitative estimate of drug-likeness (QED) is 0.695. The highest BCUT2D eigenvalue weighted by Gasteiger charge is 2.47. The molecule has 27 heavy (non-hydrogen) atoms. The average molecular weight is 383 g/mol. The summed E-state index contributed by atoms with van der Waals surface area (Å²) in [5, 5.41) is 0. The van der Waals surface area contributed by atoms with Gasteiger partial charge in [-0.2, -0.15) is 0 Å². The summed E-state index contributed by atoms with van der Waals surface area (Å²) >= 11 is 0. The molecular formula is C20H24F3NO3. The molecule has 0 bridgehead atoms. The fraction of sp³-hybridized carbons (Fsp3) is 0.550. The Kier molecular flexibility index (Phi) is 4.68. The van der Waals surface area contributed by atoms with E-state index in [0.29, 0.717) is 18.7 Å². The molecule has 2 aliphatic rings. The maximum absolute atomic E-state index is 12.6. The van der Waals surface area contributed by atoms with Crippen LogP contribution >= 0.6 is 0 Å². The number of likely N-dealkylation sites (tertiary alicyclic amines) is 1. The smallest absolute Gasteiger partial charge is 0.444 e. The average Bonchev–Trinajstić information content (AvgIpc) is 2.90. The molecule has 3 rings (SSSR count). The Balaban J connectivity index is 1.70. The van der Waals surface area contributed by atoms with E-state index in [4.69, 9.17) is 4.74 Å². The van der Waals surface area contributed by atoms with Crippen LogP contribution in [0.25, 0.3) is 5.57 Å². The van der Waals surface area contributed by atoms with Gasteiger partial charge in [0, 0.05) is 18.5 Å². The zero-order valence-electron chi connectivity index (χ0n) is 15.9. The van der Waals surface area contributed by atoms with Gasteiger partial charge in [-0.25, -0.2) is 4.79 Å². The van der Waals surface area contributed by atoms with Crippen LogP contribution in [0.3, 0.4) is 0 Å². The van der Waals surface area contributed by atoms with Crippen molar-refractivity contribution in [2.75, 3.05) is 13.1 Å². The summed E-state index contributed by atoms with van der Waals surface area (Å²) in [6, 6.07) is 4.89. The summed E-state index contributed by atoms with van der Waals surface area (Å²) in [5.41, 5.74) is 1.51. The SMILES string of the molecule is Cc1ccc(C2=CC3(CC2)CN(C(=O)OC(C)(C)C)C3)cc1OC(F)(F)F. The fourth-order valence-electron chi connectivity index (χ4n) is 3.58. The van der Waals surface area contributed by atoms with Gasteiger partial charge < -0.3 is 14.4 Å². The first-order chi connectivity index (χ1) is 12.4. The van der Waals surface area contributed by atoms with E-state index in [1.807, 2.05) is 26.8 Å². The van der Waals surface area contributed by atoms with Crippen LogP contribution < -0.4 is 4.74 Å². The summed E-state index contributed by atoms with van der Waals surface area (Å²) in [7, 11) is 0. The second-order valence-corrected chi connectivity index (χ2v) is 8.40. The van der Waals surface area contributed by atoms with Crippen molar-refractivity contribution in [1.82, 2.24) is 4.90 Å². The third kappa shape index (κ3) is 4.57. The molecule has 1 aliphatic carbocycles. The number of halogens is 3. The van der Waals surface area contributed by atoms with E-state index >= 15 is 0 Å². The predicted molar refractivity (Wildman–Crippen MR) is 95.3 cm³/mol. The van der Waals surface area contributed by atoms with E-state index in [9.17, 15) is 18.0 Å². The normalized spacial score (nSPS) is 18.9. The van der Waals surface area contributed by atoms with Crippen LogP contribution in [-0.2, 0) is 4.74 Å². The van der Waals surface area contributed by atoms with Gasteiger partial charge in [0.25, 0.3) is 0 Å². The molecule has 0 aromatic heterocycles. The topological polar surface area (TPSA) is 38.8 Å². The molecule has 0 radical (unpaired) electrons. The molecule has 0 saturated carbocycles. The first-order valence-corrected chi connectivity index (χ1v) is 8.92. The Morgan fingerprint density at radius 2 is 1.85 bits per heavy atom. The molecule has 7 heteroatoms. The molecule has 0 unspecified atom stereocenters. The summed E-state index contributed by atoms with van der Waals surface area (Å²) in [4.78, 5) is 13.8. The van der Waals surface area contributed by atoms with Crippen LogP contribution in [-0.4, -0.2) is 36.0 Å². The van der Waals surface area contributed by atoms with Gasteiger partial charge in [-0.1, -0.05) is 18.2 Å². The van der Waals surface area contributed by atoms with Gasteiger partial charge in [0.2, 0.25) is 0 Å².